The Labute approximate surface area is 133 Å². The number of rotatable bonds is 8. The van der Waals surface area contributed by atoms with E-state index in [1.807, 2.05) is 0 Å². The minimum atomic E-state index is 0.171. The quantitative estimate of drug-likeness (QED) is 0.723. The predicted molar refractivity (Wildman–Crippen MR) is 93.5 cm³/mol. The highest BCUT2D eigenvalue weighted by Gasteiger charge is 2.32. The summed E-state index contributed by atoms with van der Waals surface area (Å²) >= 11 is 0. The smallest absolute Gasteiger partial charge is 0.0316 e. The van der Waals surface area contributed by atoms with Crippen LogP contribution >= 0.6 is 0 Å². The molecule has 0 bridgehead atoms. The van der Waals surface area contributed by atoms with Gasteiger partial charge in [0.05, 0.1) is 0 Å². The van der Waals surface area contributed by atoms with E-state index in [0.717, 1.165) is 30.8 Å². The van der Waals surface area contributed by atoms with E-state index in [0.29, 0.717) is 0 Å². The molecule has 1 unspecified atom stereocenters. The second-order valence-electron chi connectivity index (χ2n) is 7.71. The van der Waals surface area contributed by atoms with Gasteiger partial charge in [-0.3, -0.25) is 0 Å². The molecule has 1 atom stereocenters. The molecule has 1 rings (SSSR count). The van der Waals surface area contributed by atoms with Gasteiger partial charge in [-0.05, 0) is 69.6 Å². The Morgan fingerprint density at radius 2 is 1.76 bits per heavy atom. The first-order chi connectivity index (χ1) is 9.94. The maximum absolute atomic E-state index is 6.18. The van der Waals surface area contributed by atoms with Crippen LogP contribution in [0, 0.1) is 17.8 Å². The third kappa shape index (κ3) is 5.88. The molecule has 0 radical (unpaired) electrons. The lowest BCUT2D eigenvalue weighted by molar-refractivity contribution is 0.212. The summed E-state index contributed by atoms with van der Waals surface area (Å²) in [6, 6.07) is 0. The number of nitrogens with zero attached hydrogens (tertiary/aromatic N) is 1. The Bertz CT molecular complexity index is 270. The Morgan fingerprint density at radius 3 is 2.29 bits per heavy atom. The molecule has 0 spiro atoms. The van der Waals surface area contributed by atoms with Gasteiger partial charge in [-0.15, -0.1) is 0 Å². The molecule has 0 amide bonds. The first kappa shape index (κ1) is 18.9. The molecule has 1 heterocycles. The van der Waals surface area contributed by atoms with Gasteiger partial charge in [-0.1, -0.05) is 34.6 Å². The van der Waals surface area contributed by atoms with E-state index < -0.39 is 0 Å². The molecule has 0 aromatic heterocycles. The predicted octanol–water partition coefficient (Wildman–Crippen LogP) is 3.10. The highest BCUT2D eigenvalue weighted by molar-refractivity contribution is 4.93. The van der Waals surface area contributed by atoms with Crippen molar-refractivity contribution in [3.05, 3.63) is 0 Å². The van der Waals surface area contributed by atoms with Crippen molar-refractivity contribution in [2.75, 3.05) is 32.7 Å². The second kappa shape index (κ2) is 9.12. The summed E-state index contributed by atoms with van der Waals surface area (Å²) in [5.74, 6) is 2.20. The number of nitrogens with one attached hydrogen (secondary N) is 1. The van der Waals surface area contributed by atoms with E-state index in [-0.39, 0.29) is 5.54 Å². The second-order valence-corrected chi connectivity index (χ2v) is 7.71. The van der Waals surface area contributed by atoms with Gasteiger partial charge in [0.15, 0.2) is 0 Å². The van der Waals surface area contributed by atoms with E-state index >= 15 is 0 Å². The van der Waals surface area contributed by atoms with Crippen molar-refractivity contribution in [3.63, 3.8) is 0 Å². The molecule has 0 aromatic rings. The number of nitrogens with two attached hydrogens (primary N) is 1. The van der Waals surface area contributed by atoms with E-state index in [2.05, 4.69) is 44.8 Å². The maximum atomic E-state index is 6.18. The van der Waals surface area contributed by atoms with Gasteiger partial charge in [0.2, 0.25) is 0 Å². The monoisotopic (exact) mass is 297 g/mol. The van der Waals surface area contributed by atoms with Gasteiger partial charge in [0.25, 0.3) is 0 Å². The van der Waals surface area contributed by atoms with Crippen LogP contribution in [0.15, 0.2) is 0 Å². The van der Waals surface area contributed by atoms with Crippen molar-refractivity contribution >= 4 is 0 Å². The van der Waals surface area contributed by atoms with Crippen molar-refractivity contribution < 1.29 is 0 Å². The minimum absolute atomic E-state index is 0.171. The molecule has 3 N–H and O–H groups in total. The fourth-order valence-corrected chi connectivity index (χ4v) is 3.82. The lowest BCUT2D eigenvalue weighted by Gasteiger charge is -2.36. The van der Waals surface area contributed by atoms with Crippen LogP contribution in [-0.2, 0) is 0 Å². The van der Waals surface area contributed by atoms with E-state index in [1.165, 1.54) is 45.3 Å². The van der Waals surface area contributed by atoms with Gasteiger partial charge in [-0.2, -0.15) is 0 Å². The summed E-state index contributed by atoms with van der Waals surface area (Å²) in [5, 5.41) is 3.90. The number of likely N-dealkylation sites (tertiary alicyclic amines) is 1. The van der Waals surface area contributed by atoms with E-state index in [4.69, 9.17) is 5.73 Å². The van der Waals surface area contributed by atoms with Crippen LogP contribution in [0.5, 0.6) is 0 Å². The van der Waals surface area contributed by atoms with Gasteiger partial charge in [0.1, 0.15) is 0 Å². The van der Waals surface area contributed by atoms with Crippen molar-refractivity contribution in [2.45, 2.75) is 65.8 Å². The standard InChI is InChI=1S/C18H39N3/c1-6-10-21-11-7-8-18(14-19,9-12-21)20-13-17(15(2)3)16(4)5/h15-17,20H,6-14,19H2,1-5H3. The van der Waals surface area contributed by atoms with Crippen molar-refractivity contribution in [2.24, 2.45) is 23.5 Å². The first-order valence-corrected chi connectivity index (χ1v) is 9.11. The summed E-state index contributed by atoms with van der Waals surface area (Å²) in [7, 11) is 0. The average Bonchev–Trinajstić information content (AvgIpc) is 2.62. The zero-order valence-electron chi connectivity index (χ0n) is 15.1. The SMILES string of the molecule is CCCN1CCCC(CN)(NCC(C(C)C)C(C)C)CC1. The van der Waals surface area contributed by atoms with Gasteiger partial charge >= 0.3 is 0 Å². The molecular weight excluding hydrogens is 258 g/mol. The molecule has 1 saturated heterocycles. The molecule has 0 saturated carbocycles. The lowest BCUT2D eigenvalue weighted by atomic mass is 9.83. The van der Waals surface area contributed by atoms with Crippen LogP contribution in [0.3, 0.4) is 0 Å². The highest BCUT2D eigenvalue weighted by atomic mass is 15.1. The highest BCUT2D eigenvalue weighted by Crippen LogP contribution is 2.25. The molecule has 3 heteroatoms. The maximum Gasteiger partial charge on any atom is 0.0316 e. The average molecular weight is 298 g/mol. The fraction of sp³-hybridized carbons (Fsp3) is 1.00. The van der Waals surface area contributed by atoms with Gasteiger partial charge in [0, 0.05) is 12.1 Å². The Hall–Kier alpha value is -0.120. The molecule has 1 aliphatic heterocycles. The first-order valence-electron chi connectivity index (χ1n) is 9.11. The van der Waals surface area contributed by atoms with Crippen LogP contribution in [0.1, 0.15) is 60.3 Å². The molecule has 0 aromatic carbocycles. The molecule has 3 nitrogen and oxygen atoms in total. The summed E-state index contributed by atoms with van der Waals surface area (Å²) in [6.45, 7) is 17.2. The van der Waals surface area contributed by atoms with Crippen molar-refractivity contribution in [1.29, 1.82) is 0 Å². The Morgan fingerprint density at radius 1 is 1.10 bits per heavy atom. The molecular formula is C18H39N3. The molecule has 1 aliphatic rings. The molecule has 0 aliphatic carbocycles. The van der Waals surface area contributed by atoms with E-state index in [1.54, 1.807) is 0 Å². The Balaban J connectivity index is 2.59. The van der Waals surface area contributed by atoms with Crippen LogP contribution in [0.4, 0.5) is 0 Å². The largest absolute Gasteiger partial charge is 0.329 e. The molecule has 126 valence electrons. The number of hydrogen-bond donors (Lipinski definition) is 2. The number of hydrogen-bond acceptors (Lipinski definition) is 3. The fourth-order valence-electron chi connectivity index (χ4n) is 3.82. The van der Waals surface area contributed by atoms with Crippen molar-refractivity contribution in [3.8, 4) is 0 Å². The summed E-state index contributed by atoms with van der Waals surface area (Å²) < 4.78 is 0. The summed E-state index contributed by atoms with van der Waals surface area (Å²) in [5.41, 5.74) is 6.36. The lowest BCUT2D eigenvalue weighted by Crippen LogP contribution is -2.53. The summed E-state index contributed by atoms with van der Waals surface area (Å²) in [6.07, 6.45) is 4.96. The van der Waals surface area contributed by atoms with Crippen LogP contribution in [0.2, 0.25) is 0 Å². The van der Waals surface area contributed by atoms with Crippen LogP contribution in [0.25, 0.3) is 0 Å². The molecule has 21 heavy (non-hydrogen) atoms. The van der Waals surface area contributed by atoms with Gasteiger partial charge < -0.3 is 16.0 Å². The normalized spacial score (nSPS) is 25.0. The van der Waals surface area contributed by atoms with E-state index in [9.17, 15) is 0 Å². The zero-order chi connectivity index (χ0) is 15.9. The topological polar surface area (TPSA) is 41.3 Å². The third-order valence-electron chi connectivity index (χ3n) is 5.39. The molecule has 1 fully saturated rings. The Kier molecular flexibility index (Phi) is 8.22. The third-order valence-corrected chi connectivity index (χ3v) is 5.39. The summed E-state index contributed by atoms with van der Waals surface area (Å²) in [4.78, 5) is 2.61. The van der Waals surface area contributed by atoms with Crippen LogP contribution in [-0.4, -0.2) is 43.2 Å². The van der Waals surface area contributed by atoms with Crippen molar-refractivity contribution in [1.82, 2.24) is 10.2 Å². The zero-order valence-corrected chi connectivity index (χ0v) is 15.1. The van der Waals surface area contributed by atoms with Crippen LogP contribution < -0.4 is 11.1 Å². The van der Waals surface area contributed by atoms with Gasteiger partial charge in [-0.25, -0.2) is 0 Å². The minimum Gasteiger partial charge on any atom is -0.329 e.